The van der Waals surface area contributed by atoms with Crippen LogP contribution >= 0.6 is 0 Å². The lowest BCUT2D eigenvalue weighted by Crippen LogP contribution is -2.21. The molecule has 3 heteroatoms. The van der Waals surface area contributed by atoms with Crippen molar-refractivity contribution in [1.82, 2.24) is 4.90 Å². The van der Waals surface area contributed by atoms with Crippen molar-refractivity contribution in [1.29, 1.82) is 0 Å². The fourth-order valence-corrected chi connectivity index (χ4v) is 1.71. The summed E-state index contributed by atoms with van der Waals surface area (Å²) in [7, 11) is 2.12. The summed E-state index contributed by atoms with van der Waals surface area (Å²) in [6, 6.07) is 8.32. The van der Waals surface area contributed by atoms with Crippen LogP contribution in [0.2, 0.25) is 0 Å². The summed E-state index contributed by atoms with van der Waals surface area (Å²) in [6.45, 7) is 5.64. The van der Waals surface area contributed by atoms with Crippen LogP contribution in [-0.2, 0) is 6.54 Å². The number of hydrogen-bond donors (Lipinski definition) is 1. The Labute approximate surface area is 105 Å². The van der Waals surface area contributed by atoms with Gasteiger partial charge in [0.25, 0.3) is 0 Å². The SMILES string of the molecule is CCCOc1cccc(CN(C)CCCN)c1. The van der Waals surface area contributed by atoms with E-state index in [4.69, 9.17) is 10.5 Å². The Morgan fingerprint density at radius 3 is 2.88 bits per heavy atom. The van der Waals surface area contributed by atoms with Gasteiger partial charge in [-0.3, -0.25) is 0 Å². The minimum Gasteiger partial charge on any atom is -0.494 e. The molecule has 17 heavy (non-hydrogen) atoms. The molecule has 0 unspecified atom stereocenters. The van der Waals surface area contributed by atoms with E-state index in [1.54, 1.807) is 0 Å². The molecular weight excluding hydrogens is 212 g/mol. The molecule has 96 valence electrons. The first-order valence-corrected chi connectivity index (χ1v) is 6.36. The van der Waals surface area contributed by atoms with Gasteiger partial charge in [0.1, 0.15) is 5.75 Å². The van der Waals surface area contributed by atoms with Gasteiger partial charge in [0, 0.05) is 6.54 Å². The Morgan fingerprint density at radius 2 is 2.18 bits per heavy atom. The van der Waals surface area contributed by atoms with E-state index >= 15 is 0 Å². The minimum absolute atomic E-state index is 0.754. The van der Waals surface area contributed by atoms with Gasteiger partial charge in [-0.15, -0.1) is 0 Å². The van der Waals surface area contributed by atoms with E-state index in [-0.39, 0.29) is 0 Å². The third-order valence-electron chi connectivity index (χ3n) is 2.57. The van der Waals surface area contributed by atoms with E-state index in [0.717, 1.165) is 44.8 Å². The van der Waals surface area contributed by atoms with Gasteiger partial charge in [-0.2, -0.15) is 0 Å². The van der Waals surface area contributed by atoms with E-state index in [1.807, 2.05) is 6.07 Å². The molecule has 0 fully saturated rings. The smallest absolute Gasteiger partial charge is 0.119 e. The van der Waals surface area contributed by atoms with Crippen LogP contribution in [0.25, 0.3) is 0 Å². The summed E-state index contributed by atoms with van der Waals surface area (Å²) in [5.41, 5.74) is 6.79. The molecule has 0 aromatic heterocycles. The summed E-state index contributed by atoms with van der Waals surface area (Å²) in [5, 5.41) is 0. The standard InChI is InChI=1S/C14H24N2O/c1-3-10-17-14-7-4-6-13(11-14)12-16(2)9-5-8-15/h4,6-7,11H,3,5,8-10,12,15H2,1-2H3. The predicted molar refractivity (Wildman–Crippen MR) is 72.2 cm³/mol. The van der Waals surface area contributed by atoms with Crippen molar-refractivity contribution in [3.05, 3.63) is 29.8 Å². The van der Waals surface area contributed by atoms with Crippen LogP contribution < -0.4 is 10.5 Å². The van der Waals surface area contributed by atoms with E-state index in [2.05, 4.69) is 37.1 Å². The van der Waals surface area contributed by atoms with Gasteiger partial charge in [-0.1, -0.05) is 19.1 Å². The Kier molecular flexibility index (Phi) is 6.67. The summed E-state index contributed by atoms with van der Waals surface area (Å²) in [5.74, 6) is 0.969. The number of nitrogens with zero attached hydrogens (tertiary/aromatic N) is 1. The van der Waals surface area contributed by atoms with Gasteiger partial charge in [0.15, 0.2) is 0 Å². The molecule has 0 saturated heterocycles. The molecule has 0 amide bonds. The van der Waals surface area contributed by atoms with E-state index < -0.39 is 0 Å². The second kappa shape index (κ2) is 8.09. The topological polar surface area (TPSA) is 38.5 Å². The Morgan fingerprint density at radius 1 is 1.35 bits per heavy atom. The number of nitrogens with two attached hydrogens (primary N) is 1. The van der Waals surface area contributed by atoms with Crippen LogP contribution in [0.5, 0.6) is 5.75 Å². The number of hydrogen-bond acceptors (Lipinski definition) is 3. The fraction of sp³-hybridized carbons (Fsp3) is 0.571. The highest BCUT2D eigenvalue weighted by molar-refractivity contribution is 5.28. The van der Waals surface area contributed by atoms with Crippen molar-refractivity contribution < 1.29 is 4.74 Å². The molecule has 1 aromatic rings. The monoisotopic (exact) mass is 236 g/mol. The lowest BCUT2D eigenvalue weighted by atomic mass is 10.2. The van der Waals surface area contributed by atoms with E-state index in [1.165, 1.54) is 5.56 Å². The van der Waals surface area contributed by atoms with E-state index in [9.17, 15) is 0 Å². The highest BCUT2D eigenvalue weighted by Crippen LogP contribution is 2.14. The number of ether oxygens (including phenoxy) is 1. The van der Waals surface area contributed by atoms with Crippen LogP contribution in [0.3, 0.4) is 0 Å². The third-order valence-corrected chi connectivity index (χ3v) is 2.57. The van der Waals surface area contributed by atoms with Crippen LogP contribution in [-0.4, -0.2) is 31.6 Å². The van der Waals surface area contributed by atoms with Gasteiger partial charge in [-0.25, -0.2) is 0 Å². The van der Waals surface area contributed by atoms with Crippen molar-refractivity contribution in [3.63, 3.8) is 0 Å². The van der Waals surface area contributed by atoms with Crippen LogP contribution in [0.1, 0.15) is 25.3 Å². The molecule has 0 aliphatic carbocycles. The largest absolute Gasteiger partial charge is 0.494 e. The first kappa shape index (κ1) is 14.0. The first-order chi connectivity index (χ1) is 8.26. The van der Waals surface area contributed by atoms with Gasteiger partial charge in [0.05, 0.1) is 6.61 Å². The normalized spacial score (nSPS) is 10.8. The molecule has 0 atom stereocenters. The molecule has 0 saturated carbocycles. The third kappa shape index (κ3) is 5.71. The van der Waals surface area contributed by atoms with Crippen molar-refractivity contribution in [2.75, 3.05) is 26.7 Å². The van der Waals surface area contributed by atoms with Gasteiger partial charge in [-0.05, 0) is 50.7 Å². The zero-order chi connectivity index (χ0) is 12.5. The molecule has 0 heterocycles. The summed E-state index contributed by atoms with van der Waals surface area (Å²) < 4.78 is 5.62. The molecule has 2 N–H and O–H groups in total. The van der Waals surface area contributed by atoms with Crippen LogP contribution in [0.4, 0.5) is 0 Å². The average Bonchev–Trinajstić information content (AvgIpc) is 2.34. The predicted octanol–water partition coefficient (Wildman–Crippen LogP) is 2.26. The van der Waals surface area contributed by atoms with Crippen LogP contribution in [0, 0.1) is 0 Å². The summed E-state index contributed by atoms with van der Waals surface area (Å²) >= 11 is 0. The molecule has 1 rings (SSSR count). The Bertz CT molecular complexity index is 315. The maximum atomic E-state index is 5.62. The lowest BCUT2D eigenvalue weighted by molar-refractivity contribution is 0.311. The summed E-state index contributed by atoms with van der Waals surface area (Å²) in [6.07, 6.45) is 2.09. The molecule has 0 bridgehead atoms. The quantitative estimate of drug-likeness (QED) is 0.752. The average molecular weight is 236 g/mol. The zero-order valence-corrected chi connectivity index (χ0v) is 11.0. The maximum absolute atomic E-state index is 5.62. The molecule has 0 aliphatic rings. The fourth-order valence-electron chi connectivity index (χ4n) is 1.71. The lowest BCUT2D eigenvalue weighted by Gasteiger charge is -2.16. The molecule has 3 nitrogen and oxygen atoms in total. The van der Waals surface area contributed by atoms with Gasteiger partial charge in [0.2, 0.25) is 0 Å². The van der Waals surface area contributed by atoms with Crippen molar-refractivity contribution in [2.24, 2.45) is 5.73 Å². The van der Waals surface area contributed by atoms with E-state index in [0.29, 0.717) is 0 Å². The van der Waals surface area contributed by atoms with Crippen molar-refractivity contribution in [2.45, 2.75) is 26.3 Å². The molecule has 0 radical (unpaired) electrons. The number of benzene rings is 1. The van der Waals surface area contributed by atoms with Crippen LogP contribution in [0.15, 0.2) is 24.3 Å². The highest BCUT2D eigenvalue weighted by Gasteiger charge is 2.01. The second-order valence-electron chi connectivity index (χ2n) is 4.38. The summed E-state index contributed by atoms with van der Waals surface area (Å²) in [4.78, 5) is 2.28. The minimum atomic E-state index is 0.754. The second-order valence-corrected chi connectivity index (χ2v) is 4.38. The molecular formula is C14H24N2O. The van der Waals surface area contributed by atoms with Crippen molar-refractivity contribution >= 4 is 0 Å². The molecule has 0 spiro atoms. The highest BCUT2D eigenvalue weighted by atomic mass is 16.5. The Hall–Kier alpha value is -1.06. The Balaban J connectivity index is 2.47. The first-order valence-electron chi connectivity index (χ1n) is 6.36. The van der Waals surface area contributed by atoms with Gasteiger partial charge >= 0.3 is 0 Å². The maximum Gasteiger partial charge on any atom is 0.119 e. The van der Waals surface area contributed by atoms with Crippen molar-refractivity contribution in [3.8, 4) is 5.75 Å². The van der Waals surface area contributed by atoms with Gasteiger partial charge < -0.3 is 15.4 Å². The number of rotatable bonds is 8. The molecule has 0 aliphatic heterocycles. The molecule has 1 aromatic carbocycles. The zero-order valence-electron chi connectivity index (χ0n) is 11.0.